The summed E-state index contributed by atoms with van der Waals surface area (Å²) in [6.45, 7) is 7.07. The van der Waals surface area contributed by atoms with Gasteiger partial charge in [-0.1, -0.05) is 0 Å². The first-order chi connectivity index (χ1) is 19.6. The Morgan fingerprint density at radius 3 is 2.33 bits per heavy atom. The predicted octanol–water partition coefficient (Wildman–Crippen LogP) is 3.31. The Hall–Kier alpha value is -3.91. The molecule has 208 valence electrons. The van der Waals surface area contributed by atoms with E-state index in [9.17, 15) is 4.79 Å². The lowest BCUT2D eigenvalue weighted by Crippen LogP contribution is -2.37. The van der Waals surface area contributed by atoms with Crippen molar-refractivity contribution in [2.75, 3.05) is 68.1 Å². The van der Waals surface area contributed by atoms with Gasteiger partial charge in [-0.3, -0.25) is 14.9 Å². The van der Waals surface area contributed by atoms with Crippen molar-refractivity contribution < 1.29 is 14.3 Å². The number of rotatable bonds is 7. The molecule has 2 fully saturated rings. The molecule has 1 aromatic carbocycles. The van der Waals surface area contributed by atoms with Gasteiger partial charge in [0.1, 0.15) is 5.82 Å². The summed E-state index contributed by atoms with van der Waals surface area (Å²) in [5.41, 5.74) is 1.48. The lowest BCUT2D eigenvalue weighted by Gasteiger charge is -2.27. The molecule has 0 atom stereocenters. The maximum Gasteiger partial charge on any atom is 0.324 e. The van der Waals surface area contributed by atoms with Gasteiger partial charge in [0.2, 0.25) is 5.95 Å². The standard InChI is InChI=1S/C27H31N9O3S/c1-34-23(8-9-28-34)30-27(37)29-20-4-2-19(3-5-20)24-31-25(33-26(32-24)36-12-16-39-17-13-36)22-7-6-21(40-22)18-35-10-14-38-15-11-35/h2-9H,10-18H2,1H3,(H2,29,30,37). The summed E-state index contributed by atoms with van der Waals surface area (Å²) >= 11 is 1.71. The second-order valence-corrected chi connectivity index (χ2v) is 10.7. The van der Waals surface area contributed by atoms with Crippen molar-refractivity contribution in [3.05, 3.63) is 53.5 Å². The number of nitrogens with zero attached hydrogens (tertiary/aromatic N) is 7. The van der Waals surface area contributed by atoms with Crippen molar-refractivity contribution in [2.45, 2.75) is 6.54 Å². The van der Waals surface area contributed by atoms with Crippen LogP contribution < -0.4 is 15.5 Å². The van der Waals surface area contributed by atoms with E-state index in [1.54, 1.807) is 35.3 Å². The number of urea groups is 1. The van der Waals surface area contributed by atoms with E-state index >= 15 is 0 Å². The molecular weight excluding hydrogens is 530 g/mol. The number of aryl methyl sites for hydroxylation is 1. The van der Waals surface area contributed by atoms with Crippen LogP contribution in [0.3, 0.4) is 0 Å². The first-order valence-electron chi connectivity index (χ1n) is 13.3. The van der Waals surface area contributed by atoms with E-state index in [1.165, 1.54) is 4.88 Å². The molecule has 2 aliphatic rings. The van der Waals surface area contributed by atoms with E-state index < -0.39 is 0 Å². The molecule has 2 saturated heterocycles. The maximum absolute atomic E-state index is 12.4. The largest absolute Gasteiger partial charge is 0.379 e. The zero-order valence-electron chi connectivity index (χ0n) is 22.2. The fourth-order valence-electron chi connectivity index (χ4n) is 4.55. The number of carbonyl (C=O) groups is 1. The second kappa shape index (κ2) is 12.1. The summed E-state index contributed by atoms with van der Waals surface area (Å²) in [5.74, 6) is 2.48. The zero-order valence-corrected chi connectivity index (χ0v) is 23.1. The van der Waals surface area contributed by atoms with E-state index in [2.05, 4.69) is 37.7 Å². The number of hydrogen-bond donors (Lipinski definition) is 2. The summed E-state index contributed by atoms with van der Waals surface area (Å²) in [6, 6.07) is 13.1. The number of anilines is 3. The SMILES string of the molecule is Cn1nccc1NC(=O)Nc1ccc(-c2nc(-c3ccc(CN4CCOCC4)s3)nc(N3CCOCC3)n2)cc1. The van der Waals surface area contributed by atoms with Crippen LogP contribution in [0.15, 0.2) is 48.7 Å². The number of ether oxygens (including phenoxy) is 2. The quantitative estimate of drug-likeness (QED) is 0.350. The number of carbonyl (C=O) groups excluding carboxylic acids is 1. The number of amides is 2. The van der Waals surface area contributed by atoms with E-state index in [4.69, 9.17) is 24.4 Å². The molecule has 13 heteroatoms. The maximum atomic E-state index is 12.4. The normalized spacial score (nSPS) is 16.2. The molecule has 5 heterocycles. The number of benzene rings is 1. The third-order valence-electron chi connectivity index (χ3n) is 6.75. The monoisotopic (exact) mass is 561 g/mol. The minimum atomic E-state index is -0.348. The van der Waals surface area contributed by atoms with Crippen LogP contribution >= 0.6 is 11.3 Å². The number of morpholine rings is 2. The first kappa shape index (κ1) is 26.3. The molecule has 0 unspecified atom stereocenters. The summed E-state index contributed by atoms with van der Waals surface area (Å²) < 4.78 is 12.6. The van der Waals surface area contributed by atoms with E-state index in [1.807, 2.05) is 24.3 Å². The highest BCUT2D eigenvalue weighted by Gasteiger charge is 2.20. The molecule has 2 aliphatic heterocycles. The van der Waals surface area contributed by atoms with Crippen LogP contribution in [0.5, 0.6) is 0 Å². The molecule has 4 aromatic rings. The van der Waals surface area contributed by atoms with Crippen molar-refractivity contribution in [3.63, 3.8) is 0 Å². The Morgan fingerprint density at radius 1 is 0.875 bits per heavy atom. The Balaban J connectivity index is 1.23. The predicted molar refractivity (Wildman–Crippen MR) is 154 cm³/mol. The van der Waals surface area contributed by atoms with Gasteiger partial charge in [-0.05, 0) is 36.4 Å². The topological polar surface area (TPSA) is 123 Å². The van der Waals surface area contributed by atoms with E-state index in [0.29, 0.717) is 42.3 Å². The molecule has 6 rings (SSSR count). The Labute approximate surface area is 236 Å². The smallest absolute Gasteiger partial charge is 0.324 e. The van der Waals surface area contributed by atoms with Crippen LogP contribution in [-0.2, 0) is 23.1 Å². The van der Waals surface area contributed by atoms with Crippen molar-refractivity contribution in [1.29, 1.82) is 0 Å². The first-order valence-corrected chi connectivity index (χ1v) is 14.1. The fraction of sp³-hybridized carbons (Fsp3) is 0.370. The van der Waals surface area contributed by atoms with Crippen LogP contribution in [0.4, 0.5) is 22.2 Å². The van der Waals surface area contributed by atoms with Crippen LogP contribution in [0.2, 0.25) is 0 Å². The second-order valence-electron chi connectivity index (χ2n) is 9.53. The molecular formula is C27H31N9O3S. The van der Waals surface area contributed by atoms with Gasteiger partial charge in [0, 0.05) is 62.0 Å². The van der Waals surface area contributed by atoms with Gasteiger partial charge in [-0.2, -0.15) is 15.1 Å². The van der Waals surface area contributed by atoms with Crippen molar-refractivity contribution >= 4 is 34.8 Å². The Bertz CT molecular complexity index is 1440. The number of nitrogens with one attached hydrogen (secondary N) is 2. The highest BCUT2D eigenvalue weighted by atomic mass is 32.1. The average molecular weight is 562 g/mol. The third kappa shape index (κ3) is 6.28. The molecule has 0 aliphatic carbocycles. The van der Waals surface area contributed by atoms with Crippen LogP contribution in [0.25, 0.3) is 22.1 Å². The van der Waals surface area contributed by atoms with Crippen molar-refractivity contribution in [2.24, 2.45) is 7.05 Å². The molecule has 0 spiro atoms. The van der Waals surface area contributed by atoms with Gasteiger partial charge in [0.15, 0.2) is 11.6 Å². The lowest BCUT2D eigenvalue weighted by molar-refractivity contribution is 0.0346. The molecule has 0 saturated carbocycles. The van der Waals surface area contributed by atoms with E-state index in [0.717, 1.165) is 56.4 Å². The molecule has 0 radical (unpaired) electrons. The number of aromatic nitrogens is 5. The average Bonchev–Trinajstić information content (AvgIpc) is 3.63. The van der Waals surface area contributed by atoms with Gasteiger partial charge in [0.05, 0.1) is 37.5 Å². The van der Waals surface area contributed by atoms with E-state index in [-0.39, 0.29) is 6.03 Å². The summed E-state index contributed by atoms with van der Waals surface area (Å²) in [4.78, 5) is 33.8. The third-order valence-corrected chi connectivity index (χ3v) is 7.81. The highest BCUT2D eigenvalue weighted by molar-refractivity contribution is 7.15. The molecule has 40 heavy (non-hydrogen) atoms. The number of hydrogen-bond acceptors (Lipinski definition) is 10. The lowest BCUT2D eigenvalue weighted by atomic mass is 10.2. The highest BCUT2D eigenvalue weighted by Crippen LogP contribution is 2.30. The molecule has 0 bridgehead atoms. The Morgan fingerprint density at radius 2 is 1.60 bits per heavy atom. The van der Waals surface area contributed by atoms with Crippen molar-refractivity contribution in [1.82, 2.24) is 29.6 Å². The van der Waals surface area contributed by atoms with Gasteiger partial charge < -0.3 is 19.7 Å². The molecule has 12 nitrogen and oxygen atoms in total. The fourth-order valence-corrected chi connectivity index (χ4v) is 5.53. The molecule has 3 aromatic heterocycles. The summed E-state index contributed by atoms with van der Waals surface area (Å²) in [6.07, 6.45) is 1.62. The van der Waals surface area contributed by atoms with Crippen LogP contribution in [-0.4, -0.2) is 88.3 Å². The molecule has 2 amide bonds. The van der Waals surface area contributed by atoms with Gasteiger partial charge in [-0.15, -0.1) is 11.3 Å². The summed E-state index contributed by atoms with van der Waals surface area (Å²) in [7, 11) is 1.76. The van der Waals surface area contributed by atoms with Gasteiger partial charge >= 0.3 is 6.03 Å². The minimum Gasteiger partial charge on any atom is -0.379 e. The van der Waals surface area contributed by atoms with Crippen molar-refractivity contribution in [3.8, 4) is 22.1 Å². The van der Waals surface area contributed by atoms with Gasteiger partial charge in [0.25, 0.3) is 0 Å². The van der Waals surface area contributed by atoms with Gasteiger partial charge in [-0.25, -0.2) is 9.78 Å². The molecule has 2 N–H and O–H groups in total. The Kier molecular flexibility index (Phi) is 7.95. The summed E-state index contributed by atoms with van der Waals surface area (Å²) in [5, 5.41) is 9.68. The zero-order chi connectivity index (χ0) is 27.3. The van der Waals surface area contributed by atoms with Crippen LogP contribution in [0, 0.1) is 0 Å². The van der Waals surface area contributed by atoms with Crippen LogP contribution in [0.1, 0.15) is 4.88 Å². The minimum absolute atomic E-state index is 0.348. The number of thiophene rings is 1.